The smallest absolute Gasteiger partial charge is 0.266 e. The first-order valence-electron chi connectivity index (χ1n) is 9.42. The second kappa shape index (κ2) is 7.72. The van der Waals surface area contributed by atoms with E-state index in [2.05, 4.69) is 10.6 Å². The number of amides is 2. The van der Waals surface area contributed by atoms with E-state index >= 15 is 0 Å². The highest BCUT2D eigenvalue weighted by Gasteiger charge is 2.34. The summed E-state index contributed by atoms with van der Waals surface area (Å²) in [6.45, 7) is 3.90. The summed E-state index contributed by atoms with van der Waals surface area (Å²) in [5.41, 5.74) is 4.63. The summed E-state index contributed by atoms with van der Waals surface area (Å²) in [5, 5.41) is 6.69. The lowest BCUT2D eigenvalue weighted by Crippen LogP contribution is -2.23. The van der Waals surface area contributed by atoms with Crippen LogP contribution in [0.5, 0.6) is 5.75 Å². The van der Waals surface area contributed by atoms with Crippen molar-refractivity contribution in [3.63, 3.8) is 0 Å². The van der Waals surface area contributed by atoms with Gasteiger partial charge in [-0.3, -0.25) is 9.59 Å². The van der Waals surface area contributed by atoms with E-state index in [0.29, 0.717) is 11.3 Å². The first kappa shape index (κ1) is 19.2. The average Bonchev–Trinajstić information content (AvgIpc) is 3.05. The fraction of sp³-hybridized carbons (Fsp3) is 0.217. The fourth-order valence-electron chi connectivity index (χ4n) is 3.83. The van der Waals surface area contributed by atoms with Crippen molar-refractivity contribution in [3.8, 4) is 5.75 Å². The van der Waals surface area contributed by atoms with Crippen LogP contribution in [0.15, 0.2) is 48.5 Å². The molecular weight excluding hydrogens is 384 g/mol. The molecule has 0 radical (unpaired) electrons. The zero-order chi connectivity index (χ0) is 20.5. The van der Waals surface area contributed by atoms with Crippen LogP contribution in [-0.2, 0) is 4.79 Å². The summed E-state index contributed by atoms with van der Waals surface area (Å²) in [6.07, 6.45) is 0.323. The minimum absolute atomic E-state index is 0.0551. The van der Waals surface area contributed by atoms with Crippen LogP contribution in [0.3, 0.4) is 0 Å². The van der Waals surface area contributed by atoms with Gasteiger partial charge in [0.2, 0.25) is 5.91 Å². The Kier molecular flexibility index (Phi) is 5.11. The number of anilines is 2. The van der Waals surface area contributed by atoms with Gasteiger partial charge in [0.1, 0.15) is 5.75 Å². The summed E-state index contributed by atoms with van der Waals surface area (Å²) in [7, 11) is 1.63. The molecule has 29 heavy (non-hydrogen) atoms. The zero-order valence-corrected chi connectivity index (χ0v) is 17.4. The van der Waals surface area contributed by atoms with E-state index in [1.54, 1.807) is 7.11 Å². The molecule has 2 heterocycles. The molecule has 0 fully saturated rings. The number of para-hydroxylation sites is 2. The molecule has 1 aliphatic heterocycles. The van der Waals surface area contributed by atoms with Crippen molar-refractivity contribution < 1.29 is 14.3 Å². The van der Waals surface area contributed by atoms with Gasteiger partial charge in [-0.15, -0.1) is 11.3 Å². The number of aryl methyl sites for hydroxylation is 1. The second-order valence-corrected chi connectivity index (χ2v) is 8.14. The number of nitrogens with one attached hydrogen (secondary N) is 2. The predicted octanol–water partition coefficient (Wildman–Crippen LogP) is 5.10. The van der Waals surface area contributed by atoms with Crippen LogP contribution in [0.25, 0.3) is 0 Å². The van der Waals surface area contributed by atoms with E-state index in [9.17, 15) is 9.59 Å². The molecule has 2 aromatic carbocycles. The molecule has 0 bridgehead atoms. The van der Waals surface area contributed by atoms with E-state index in [4.69, 9.17) is 4.74 Å². The van der Waals surface area contributed by atoms with Crippen LogP contribution >= 0.6 is 11.3 Å². The first-order chi connectivity index (χ1) is 14.0. The Hall–Kier alpha value is -3.12. The highest BCUT2D eigenvalue weighted by atomic mass is 32.1. The number of ether oxygens (including phenoxy) is 1. The number of hydrogen-bond acceptors (Lipinski definition) is 4. The largest absolute Gasteiger partial charge is 0.496 e. The fourth-order valence-corrected chi connectivity index (χ4v) is 5.01. The Morgan fingerprint density at radius 2 is 1.86 bits per heavy atom. The molecule has 3 aromatic rings. The molecule has 0 saturated heterocycles. The Balaban J connectivity index is 1.75. The number of carbonyl (C=O) groups is 2. The lowest BCUT2D eigenvalue weighted by Gasteiger charge is -2.25. The normalized spacial score (nSPS) is 15.4. The molecule has 1 atom stereocenters. The Morgan fingerprint density at radius 3 is 2.62 bits per heavy atom. The van der Waals surface area contributed by atoms with Crippen LogP contribution in [0.1, 0.15) is 44.3 Å². The first-order valence-corrected chi connectivity index (χ1v) is 10.2. The van der Waals surface area contributed by atoms with Gasteiger partial charge < -0.3 is 15.4 Å². The summed E-state index contributed by atoms with van der Waals surface area (Å²) < 4.78 is 5.53. The zero-order valence-electron chi connectivity index (χ0n) is 16.5. The quantitative estimate of drug-likeness (QED) is 0.633. The Bertz CT molecular complexity index is 1100. The highest BCUT2D eigenvalue weighted by molar-refractivity contribution is 7.18. The molecule has 5 nitrogen and oxygen atoms in total. The highest BCUT2D eigenvalue weighted by Crippen LogP contribution is 2.47. The van der Waals surface area contributed by atoms with E-state index in [1.807, 2.05) is 62.4 Å². The van der Waals surface area contributed by atoms with E-state index in [1.165, 1.54) is 11.3 Å². The van der Waals surface area contributed by atoms with Crippen LogP contribution in [-0.4, -0.2) is 18.9 Å². The molecule has 6 heteroatoms. The van der Waals surface area contributed by atoms with Crippen molar-refractivity contribution in [3.05, 3.63) is 75.7 Å². The maximum Gasteiger partial charge on any atom is 0.266 e. The van der Waals surface area contributed by atoms with Gasteiger partial charge in [0.05, 0.1) is 17.0 Å². The number of hydrogen-bond donors (Lipinski definition) is 2. The van der Waals surface area contributed by atoms with Gasteiger partial charge in [0.25, 0.3) is 5.91 Å². The molecule has 1 aliphatic rings. The minimum Gasteiger partial charge on any atom is -0.496 e. The molecule has 1 aromatic heterocycles. The van der Waals surface area contributed by atoms with Crippen LogP contribution in [0.4, 0.5) is 10.7 Å². The molecule has 2 N–H and O–H groups in total. The lowest BCUT2D eigenvalue weighted by molar-refractivity contribution is -0.116. The van der Waals surface area contributed by atoms with Gasteiger partial charge in [-0.25, -0.2) is 0 Å². The van der Waals surface area contributed by atoms with Crippen LogP contribution < -0.4 is 15.4 Å². The third-order valence-electron chi connectivity index (χ3n) is 5.30. The monoisotopic (exact) mass is 406 g/mol. The number of methoxy groups -OCH3 is 1. The third kappa shape index (κ3) is 3.51. The number of thiophene rings is 1. The van der Waals surface area contributed by atoms with Gasteiger partial charge in [-0.2, -0.15) is 0 Å². The van der Waals surface area contributed by atoms with E-state index in [0.717, 1.165) is 38.7 Å². The standard InChI is InChI=1S/C23H22N2O3S/c1-13-8-4-6-10-17(13)24-22(27)21-14(2)20-16(12-19(26)25-23(20)29-21)15-9-5-7-11-18(15)28-3/h4-11,16H,12H2,1-3H3,(H,24,27)(H,25,26). The maximum absolute atomic E-state index is 13.0. The summed E-state index contributed by atoms with van der Waals surface area (Å²) in [4.78, 5) is 26.0. The number of benzene rings is 2. The lowest BCUT2D eigenvalue weighted by atomic mass is 9.84. The van der Waals surface area contributed by atoms with Crippen molar-refractivity contribution in [1.29, 1.82) is 0 Å². The van der Waals surface area contributed by atoms with E-state index in [-0.39, 0.29) is 17.7 Å². The minimum atomic E-state index is -0.163. The van der Waals surface area contributed by atoms with Crippen molar-refractivity contribution in [2.75, 3.05) is 17.7 Å². The van der Waals surface area contributed by atoms with Crippen molar-refractivity contribution in [1.82, 2.24) is 0 Å². The summed E-state index contributed by atoms with van der Waals surface area (Å²) >= 11 is 1.33. The Labute approximate surface area is 173 Å². The topological polar surface area (TPSA) is 67.4 Å². The number of rotatable bonds is 4. The van der Waals surface area contributed by atoms with Gasteiger partial charge in [-0.05, 0) is 42.7 Å². The second-order valence-electron chi connectivity index (χ2n) is 7.11. The van der Waals surface area contributed by atoms with Crippen molar-refractivity contribution in [2.24, 2.45) is 0 Å². The summed E-state index contributed by atoms with van der Waals surface area (Å²) in [5.74, 6) is 0.380. The maximum atomic E-state index is 13.0. The molecule has 0 saturated carbocycles. The SMILES string of the molecule is COc1ccccc1C1CC(=O)Nc2sc(C(=O)Nc3ccccc3C)c(C)c21. The molecule has 1 unspecified atom stereocenters. The van der Waals surface area contributed by atoms with Crippen LogP contribution in [0, 0.1) is 13.8 Å². The van der Waals surface area contributed by atoms with Gasteiger partial charge in [0, 0.05) is 23.6 Å². The third-order valence-corrected chi connectivity index (χ3v) is 6.52. The van der Waals surface area contributed by atoms with Crippen LogP contribution in [0.2, 0.25) is 0 Å². The molecule has 2 amide bonds. The molecular formula is C23H22N2O3S. The average molecular weight is 407 g/mol. The number of carbonyl (C=O) groups excluding carboxylic acids is 2. The molecule has 148 valence electrons. The Morgan fingerprint density at radius 1 is 1.14 bits per heavy atom. The van der Waals surface area contributed by atoms with Gasteiger partial charge in [-0.1, -0.05) is 36.4 Å². The predicted molar refractivity (Wildman–Crippen MR) is 116 cm³/mol. The van der Waals surface area contributed by atoms with Crippen molar-refractivity contribution >= 4 is 33.8 Å². The van der Waals surface area contributed by atoms with Gasteiger partial charge in [0.15, 0.2) is 0 Å². The molecule has 0 aliphatic carbocycles. The summed E-state index contributed by atoms with van der Waals surface area (Å²) in [6, 6.07) is 15.4. The van der Waals surface area contributed by atoms with Crippen molar-refractivity contribution in [2.45, 2.75) is 26.2 Å². The van der Waals surface area contributed by atoms with E-state index < -0.39 is 0 Å². The number of fused-ring (bicyclic) bond motifs is 1. The van der Waals surface area contributed by atoms with Gasteiger partial charge >= 0.3 is 0 Å². The molecule has 4 rings (SSSR count). The molecule has 0 spiro atoms.